The lowest BCUT2D eigenvalue weighted by molar-refractivity contribution is 0.0336. The van der Waals surface area contributed by atoms with E-state index in [1.165, 1.54) is 10.9 Å². The van der Waals surface area contributed by atoms with Gasteiger partial charge in [0.15, 0.2) is 5.82 Å². The number of pyridine rings is 1. The van der Waals surface area contributed by atoms with Crippen molar-refractivity contribution in [3.05, 3.63) is 80.4 Å². The highest BCUT2D eigenvalue weighted by Gasteiger charge is 2.48. The first-order valence-electron chi connectivity index (χ1n) is 9.91. The number of aromatic nitrogens is 5. The third-order valence-corrected chi connectivity index (χ3v) is 6.01. The second-order valence-corrected chi connectivity index (χ2v) is 8.36. The summed E-state index contributed by atoms with van der Waals surface area (Å²) in [7, 11) is 0. The lowest BCUT2D eigenvalue weighted by atomic mass is 9.68. The Balaban J connectivity index is 1.34. The second-order valence-electron chi connectivity index (χ2n) is 7.93. The highest BCUT2D eigenvalue weighted by Crippen LogP contribution is 2.53. The second kappa shape index (κ2) is 7.50. The first-order valence-corrected chi connectivity index (χ1v) is 10.3. The molecule has 3 aromatic heterocycles. The summed E-state index contributed by atoms with van der Waals surface area (Å²) < 4.78 is 21.6. The molecular formula is C22H16ClFN6O2. The molecule has 8 nitrogen and oxygen atoms in total. The van der Waals surface area contributed by atoms with Crippen LogP contribution in [0.15, 0.2) is 45.8 Å². The zero-order valence-corrected chi connectivity index (χ0v) is 17.7. The van der Waals surface area contributed by atoms with Crippen molar-refractivity contribution in [2.75, 3.05) is 0 Å². The van der Waals surface area contributed by atoms with Crippen molar-refractivity contribution in [1.82, 2.24) is 24.9 Å². The van der Waals surface area contributed by atoms with Gasteiger partial charge in [-0.1, -0.05) is 28.9 Å². The molecule has 1 saturated carbocycles. The molecule has 0 bridgehead atoms. The Morgan fingerprint density at radius 2 is 2.06 bits per heavy atom. The smallest absolute Gasteiger partial charge is 0.276 e. The fourth-order valence-corrected chi connectivity index (χ4v) is 4.19. The molecule has 0 atom stereocenters. The predicted molar refractivity (Wildman–Crippen MR) is 113 cm³/mol. The number of nitrogens with zero attached hydrogens (tertiary/aromatic N) is 6. The van der Waals surface area contributed by atoms with Crippen LogP contribution >= 0.6 is 11.6 Å². The predicted octanol–water partition coefficient (Wildman–Crippen LogP) is 3.80. The van der Waals surface area contributed by atoms with Crippen molar-refractivity contribution in [3.63, 3.8) is 0 Å². The van der Waals surface area contributed by atoms with E-state index in [-0.39, 0.29) is 42.4 Å². The molecule has 10 heteroatoms. The average Bonchev–Trinajstić information content (AvgIpc) is 3.21. The standard InChI is InChI=1S/C22H16ClFN6O2/c1-12-6-16(9-25)27-17-10-26-30(21(31)19(12)17)11-18-28-20(29-32-18)13-7-22(24,8-13)14-2-4-15(23)5-3-14/h2-6,10,13H,7-8,11H2,1H3. The molecule has 5 rings (SSSR count). The molecule has 0 aliphatic heterocycles. The Morgan fingerprint density at radius 3 is 2.78 bits per heavy atom. The Bertz CT molecular complexity index is 1430. The summed E-state index contributed by atoms with van der Waals surface area (Å²) in [6.07, 6.45) is 1.92. The van der Waals surface area contributed by atoms with Gasteiger partial charge in [-0.15, -0.1) is 0 Å². The molecule has 0 saturated heterocycles. The number of hydrogen-bond donors (Lipinski definition) is 0. The zero-order valence-electron chi connectivity index (χ0n) is 16.9. The van der Waals surface area contributed by atoms with Crippen LogP contribution in [0.2, 0.25) is 5.02 Å². The lowest BCUT2D eigenvalue weighted by Crippen LogP contribution is -2.36. The van der Waals surface area contributed by atoms with E-state index in [9.17, 15) is 4.79 Å². The van der Waals surface area contributed by atoms with Gasteiger partial charge in [0.2, 0.25) is 5.89 Å². The van der Waals surface area contributed by atoms with Crippen LogP contribution in [0.3, 0.4) is 0 Å². The molecule has 0 N–H and O–H groups in total. The third kappa shape index (κ3) is 3.42. The molecule has 1 aromatic carbocycles. The molecule has 3 heterocycles. The first kappa shape index (κ1) is 20.3. The monoisotopic (exact) mass is 450 g/mol. The Kier molecular flexibility index (Phi) is 4.75. The van der Waals surface area contributed by atoms with E-state index in [1.54, 1.807) is 37.3 Å². The number of hydrogen-bond acceptors (Lipinski definition) is 7. The van der Waals surface area contributed by atoms with Crippen LogP contribution in [0.4, 0.5) is 4.39 Å². The van der Waals surface area contributed by atoms with Crippen LogP contribution < -0.4 is 5.56 Å². The maximum atomic E-state index is 15.1. The van der Waals surface area contributed by atoms with E-state index in [0.717, 1.165) is 0 Å². The lowest BCUT2D eigenvalue weighted by Gasteiger charge is -2.40. The molecule has 4 aromatic rings. The summed E-state index contributed by atoms with van der Waals surface area (Å²) in [4.78, 5) is 21.3. The molecule has 160 valence electrons. The summed E-state index contributed by atoms with van der Waals surface area (Å²) in [5, 5.41) is 18.1. The number of fused-ring (bicyclic) bond motifs is 1. The van der Waals surface area contributed by atoms with Crippen molar-refractivity contribution >= 4 is 22.5 Å². The minimum atomic E-state index is -1.44. The van der Waals surface area contributed by atoms with Gasteiger partial charge >= 0.3 is 0 Å². The van der Waals surface area contributed by atoms with E-state index in [0.29, 0.717) is 32.9 Å². The first-order chi connectivity index (χ1) is 15.4. The number of nitriles is 1. The van der Waals surface area contributed by atoms with E-state index in [2.05, 4.69) is 20.2 Å². The van der Waals surface area contributed by atoms with Crippen molar-refractivity contribution < 1.29 is 8.91 Å². The molecule has 1 aliphatic carbocycles. The van der Waals surface area contributed by atoms with Crippen LogP contribution in [-0.4, -0.2) is 24.9 Å². The molecule has 1 aliphatic rings. The summed E-state index contributed by atoms with van der Waals surface area (Å²) >= 11 is 5.88. The molecule has 0 spiro atoms. The largest absolute Gasteiger partial charge is 0.337 e. The van der Waals surface area contributed by atoms with Gasteiger partial charge in [0.1, 0.15) is 24.0 Å². The fourth-order valence-electron chi connectivity index (χ4n) is 4.06. The minimum Gasteiger partial charge on any atom is -0.337 e. The molecule has 32 heavy (non-hydrogen) atoms. The molecule has 0 amide bonds. The number of rotatable bonds is 4. The summed E-state index contributed by atoms with van der Waals surface area (Å²) in [6.45, 7) is 1.72. The Morgan fingerprint density at radius 1 is 1.31 bits per heavy atom. The van der Waals surface area contributed by atoms with Crippen LogP contribution in [-0.2, 0) is 12.2 Å². The highest BCUT2D eigenvalue weighted by atomic mass is 35.5. The number of alkyl halides is 1. The van der Waals surface area contributed by atoms with Crippen LogP contribution in [0, 0.1) is 18.3 Å². The Labute approximate surface area is 186 Å². The molecular weight excluding hydrogens is 435 g/mol. The van der Waals surface area contributed by atoms with Gasteiger partial charge in [-0.3, -0.25) is 4.79 Å². The van der Waals surface area contributed by atoms with E-state index >= 15 is 4.39 Å². The van der Waals surface area contributed by atoms with E-state index in [1.807, 2.05) is 6.07 Å². The number of halogens is 2. The third-order valence-electron chi connectivity index (χ3n) is 5.76. The van der Waals surface area contributed by atoms with Gasteiger partial charge in [0.25, 0.3) is 5.56 Å². The maximum absolute atomic E-state index is 15.1. The minimum absolute atomic E-state index is 0.0219. The van der Waals surface area contributed by atoms with Crippen LogP contribution in [0.1, 0.15) is 47.3 Å². The van der Waals surface area contributed by atoms with Gasteiger partial charge in [-0.2, -0.15) is 15.3 Å². The quantitative estimate of drug-likeness (QED) is 0.465. The van der Waals surface area contributed by atoms with E-state index < -0.39 is 5.67 Å². The normalized spacial score (nSPS) is 20.1. The van der Waals surface area contributed by atoms with Gasteiger partial charge < -0.3 is 4.52 Å². The van der Waals surface area contributed by atoms with Crippen molar-refractivity contribution in [1.29, 1.82) is 5.26 Å². The fraction of sp³-hybridized carbons (Fsp3) is 0.273. The topological polar surface area (TPSA) is 110 Å². The van der Waals surface area contributed by atoms with Crippen molar-refractivity contribution in [2.45, 2.75) is 37.9 Å². The van der Waals surface area contributed by atoms with E-state index in [4.69, 9.17) is 21.4 Å². The van der Waals surface area contributed by atoms with Gasteiger partial charge in [-0.25, -0.2) is 14.1 Å². The summed E-state index contributed by atoms with van der Waals surface area (Å²) in [6, 6.07) is 10.2. The number of benzene rings is 1. The van der Waals surface area contributed by atoms with Gasteiger partial charge in [0, 0.05) is 10.9 Å². The van der Waals surface area contributed by atoms with Crippen LogP contribution in [0.5, 0.6) is 0 Å². The molecule has 0 unspecified atom stereocenters. The van der Waals surface area contributed by atoms with Crippen LogP contribution in [0.25, 0.3) is 10.9 Å². The summed E-state index contributed by atoms with van der Waals surface area (Å²) in [5.41, 5.74) is -0.0266. The zero-order chi connectivity index (χ0) is 22.5. The highest BCUT2D eigenvalue weighted by molar-refractivity contribution is 6.30. The van der Waals surface area contributed by atoms with Crippen molar-refractivity contribution in [2.24, 2.45) is 0 Å². The average molecular weight is 451 g/mol. The van der Waals surface area contributed by atoms with Crippen molar-refractivity contribution in [3.8, 4) is 6.07 Å². The molecule has 0 radical (unpaired) electrons. The van der Waals surface area contributed by atoms with Gasteiger partial charge in [0.05, 0.1) is 17.1 Å². The number of aryl methyl sites for hydroxylation is 1. The maximum Gasteiger partial charge on any atom is 0.276 e. The SMILES string of the molecule is Cc1cc(C#N)nc2cnn(Cc3nc(C4CC(F)(c5ccc(Cl)cc5)C4)no3)c(=O)c12. The summed E-state index contributed by atoms with van der Waals surface area (Å²) in [5.74, 6) is 0.439. The molecule has 1 fully saturated rings. The Hall–Kier alpha value is -3.64. The van der Waals surface area contributed by atoms with Gasteiger partial charge in [-0.05, 0) is 49.1 Å².